The molecule has 0 unspecified atom stereocenters. The predicted molar refractivity (Wildman–Crippen MR) is 92.1 cm³/mol. The quantitative estimate of drug-likeness (QED) is 0.657. The molecule has 0 N–H and O–H groups in total. The molecule has 0 bridgehead atoms. The fraction of sp³-hybridized carbons (Fsp3) is 0.412. The second kappa shape index (κ2) is 6.96. The fourth-order valence-electron chi connectivity index (χ4n) is 2.81. The zero-order valence-corrected chi connectivity index (χ0v) is 14.3. The largest absolute Gasteiger partial charge is 0.451 e. The van der Waals surface area contributed by atoms with Gasteiger partial charge in [0.05, 0.1) is 12.7 Å². The molecule has 7 heteroatoms. The zero-order chi connectivity index (χ0) is 16.4. The van der Waals surface area contributed by atoms with Gasteiger partial charge in [0.1, 0.15) is 5.58 Å². The van der Waals surface area contributed by atoms with Crippen LogP contribution in [0.2, 0.25) is 0 Å². The molecule has 126 valence electrons. The molecule has 1 atom stereocenters. The first-order valence-corrected chi connectivity index (χ1v) is 9.06. The third-order valence-corrected chi connectivity index (χ3v) is 4.80. The van der Waals surface area contributed by atoms with Crippen molar-refractivity contribution in [3.63, 3.8) is 0 Å². The predicted octanol–water partition coefficient (Wildman–Crippen LogP) is 3.30. The smallest absolute Gasteiger partial charge is 0.284 e. The van der Waals surface area contributed by atoms with Gasteiger partial charge in [-0.1, -0.05) is 30.0 Å². The van der Waals surface area contributed by atoms with Gasteiger partial charge in [-0.15, -0.1) is 10.2 Å². The number of fused-ring (bicyclic) bond motifs is 1. The van der Waals surface area contributed by atoms with E-state index in [1.807, 2.05) is 30.3 Å². The van der Waals surface area contributed by atoms with E-state index >= 15 is 0 Å². The molecule has 0 radical (unpaired) electrons. The van der Waals surface area contributed by atoms with Crippen molar-refractivity contribution >= 4 is 22.7 Å². The summed E-state index contributed by atoms with van der Waals surface area (Å²) in [5.41, 5.74) is 0.821. The molecule has 1 aliphatic heterocycles. The van der Waals surface area contributed by atoms with Crippen LogP contribution in [0.25, 0.3) is 22.6 Å². The van der Waals surface area contributed by atoms with Gasteiger partial charge in [-0.2, -0.15) is 0 Å². The highest BCUT2D eigenvalue weighted by Gasteiger charge is 2.17. The number of benzene rings is 1. The highest BCUT2D eigenvalue weighted by atomic mass is 32.2. The molecule has 24 heavy (non-hydrogen) atoms. The maximum atomic E-state index is 5.75. The molecule has 1 aliphatic rings. The van der Waals surface area contributed by atoms with E-state index in [-0.39, 0.29) is 0 Å². The number of nitrogens with zero attached hydrogens (tertiary/aromatic N) is 3. The molecule has 0 aliphatic carbocycles. The van der Waals surface area contributed by atoms with Gasteiger partial charge < -0.3 is 13.6 Å². The van der Waals surface area contributed by atoms with Crippen LogP contribution in [-0.4, -0.2) is 53.2 Å². The van der Waals surface area contributed by atoms with Crippen LogP contribution in [0.4, 0.5) is 0 Å². The molecule has 0 amide bonds. The molecule has 4 rings (SSSR count). The molecule has 0 saturated carbocycles. The molecular weight excluding hydrogens is 326 g/mol. The summed E-state index contributed by atoms with van der Waals surface area (Å²) < 4.78 is 17.0. The standard InChI is InChI=1S/C17H19N3O3S/c1-12-11-20(6-8-21-12)7-9-24-17-19-18-16(23-17)15-10-13-4-2-3-5-14(13)22-15/h2-5,10,12H,6-9,11H2,1H3/t12-/m0/s1. The van der Waals surface area contributed by atoms with Crippen molar-refractivity contribution in [1.82, 2.24) is 15.1 Å². The van der Waals surface area contributed by atoms with E-state index in [2.05, 4.69) is 22.0 Å². The second-order valence-electron chi connectivity index (χ2n) is 5.85. The van der Waals surface area contributed by atoms with Gasteiger partial charge >= 0.3 is 0 Å². The minimum absolute atomic E-state index is 0.312. The number of para-hydroxylation sites is 1. The first-order chi connectivity index (χ1) is 11.8. The average Bonchev–Trinajstić information content (AvgIpc) is 3.21. The lowest BCUT2D eigenvalue weighted by molar-refractivity contribution is -0.0158. The zero-order valence-electron chi connectivity index (χ0n) is 13.5. The molecule has 0 spiro atoms. The Morgan fingerprint density at radius 2 is 2.17 bits per heavy atom. The highest BCUT2D eigenvalue weighted by Crippen LogP contribution is 2.28. The monoisotopic (exact) mass is 345 g/mol. The third-order valence-electron chi connectivity index (χ3n) is 4.00. The van der Waals surface area contributed by atoms with Crippen molar-refractivity contribution in [3.8, 4) is 11.7 Å². The van der Waals surface area contributed by atoms with Crippen LogP contribution in [-0.2, 0) is 4.74 Å². The first-order valence-electron chi connectivity index (χ1n) is 8.07. The van der Waals surface area contributed by atoms with Crippen LogP contribution >= 0.6 is 11.8 Å². The van der Waals surface area contributed by atoms with Crippen molar-refractivity contribution < 1.29 is 13.6 Å². The highest BCUT2D eigenvalue weighted by molar-refractivity contribution is 7.99. The minimum atomic E-state index is 0.312. The molecule has 3 aromatic rings. The summed E-state index contributed by atoms with van der Waals surface area (Å²) in [6.45, 7) is 5.87. The summed E-state index contributed by atoms with van der Waals surface area (Å²) in [5.74, 6) is 1.94. The van der Waals surface area contributed by atoms with Crippen molar-refractivity contribution in [2.24, 2.45) is 0 Å². The normalized spacial score (nSPS) is 19.1. The van der Waals surface area contributed by atoms with E-state index in [4.69, 9.17) is 13.6 Å². The molecule has 6 nitrogen and oxygen atoms in total. The maximum Gasteiger partial charge on any atom is 0.284 e. The Kier molecular flexibility index (Phi) is 4.55. The van der Waals surface area contributed by atoms with Crippen LogP contribution in [0, 0.1) is 0 Å². The molecule has 1 saturated heterocycles. The summed E-state index contributed by atoms with van der Waals surface area (Å²) in [6, 6.07) is 9.76. The fourth-order valence-corrected chi connectivity index (χ4v) is 3.57. The van der Waals surface area contributed by atoms with Gasteiger partial charge in [0, 0.05) is 30.8 Å². The Bertz CT molecular complexity index is 783. The van der Waals surface area contributed by atoms with E-state index in [0.29, 0.717) is 23.0 Å². The summed E-state index contributed by atoms with van der Waals surface area (Å²) in [7, 11) is 0. The third kappa shape index (κ3) is 3.48. The van der Waals surface area contributed by atoms with Gasteiger partial charge in [0.25, 0.3) is 11.1 Å². The Morgan fingerprint density at radius 1 is 1.25 bits per heavy atom. The van der Waals surface area contributed by atoms with Crippen molar-refractivity contribution in [1.29, 1.82) is 0 Å². The lowest BCUT2D eigenvalue weighted by Crippen LogP contribution is -2.42. The van der Waals surface area contributed by atoms with E-state index in [0.717, 1.165) is 43.0 Å². The Balaban J connectivity index is 1.36. The minimum Gasteiger partial charge on any atom is -0.451 e. The molecular formula is C17H19N3O3S. The van der Waals surface area contributed by atoms with E-state index < -0.39 is 0 Å². The topological polar surface area (TPSA) is 64.5 Å². The summed E-state index contributed by atoms with van der Waals surface area (Å²) in [6.07, 6.45) is 0.312. The lowest BCUT2D eigenvalue weighted by Gasteiger charge is -2.30. The van der Waals surface area contributed by atoms with Gasteiger partial charge in [-0.3, -0.25) is 4.90 Å². The van der Waals surface area contributed by atoms with Crippen molar-refractivity contribution in [2.45, 2.75) is 18.3 Å². The Labute approximate surface area is 144 Å². The van der Waals surface area contributed by atoms with Gasteiger partial charge in [0.15, 0.2) is 5.76 Å². The van der Waals surface area contributed by atoms with Crippen LogP contribution in [0.5, 0.6) is 0 Å². The van der Waals surface area contributed by atoms with Crippen molar-refractivity contribution in [2.75, 3.05) is 32.0 Å². The lowest BCUT2D eigenvalue weighted by atomic mass is 10.2. The number of rotatable bonds is 5. The van der Waals surface area contributed by atoms with Gasteiger partial charge in [0.2, 0.25) is 0 Å². The molecule has 2 aromatic heterocycles. The number of hydrogen-bond donors (Lipinski definition) is 0. The van der Waals surface area contributed by atoms with Gasteiger partial charge in [-0.05, 0) is 19.1 Å². The number of aromatic nitrogens is 2. The van der Waals surface area contributed by atoms with Crippen LogP contribution < -0.4 is 0 Å². The average molecular weight is 345 g/mol. The summed E-state index contributed by atoms with van der Waals surface area (Å²) in [4.78, 5) is 2.40. The van der Waals surface area contributed by atoms with Crippen LogP contribution in [0.15, 0.2) is 44.4 Å². The molecule has 1 aromatic carbocycles. The number of ether oxygens (including phenoxy) is 1. The SMILES string of the molecule is C[C@H]1CN(CCSc2nnc(-c3cc4ccccc4o3)o2)CCO1. The van der Waals surface area contributed by atoms with E-state index in [1.54, 1.807) is 11.8 Å². The van der Waals surface area contributed by atoms with E-state index in [1.165, 1.54) is 0 Å². The maximum absolute atomic E-state index is 5.75. The summed E-state index contributed by atoms with van der Waals surface area (Å²) >= 11 is 1.57. The summed E-state index contributed by atoms with van der Waals surface area (Å²) in [5, 5.41) is 9.80. The van der Waals surface area contributed by atoms with Crippen LogP contribution in [0.1, 0.15) is 6.92 Å². The first kappa shape index (κ1) is 15.7. The van der Waals surface area contributed by atoms with E-state index in [9.17, 15) is 0 Å². The number of furan rings is 1. The molecule has 3 heterocycles. The van der Waals surface area contributed by atoms with Crippen LogP contribution in [0.3, 0.4) is 0 Å². The second-order valence-corrected chi connectivity index (χ2v) is 6.90. The number of hydrogen-bond acceptors (Lipinski definition) is 7. The Morgan fingerprint density at radius 3 is 3.04 bits per heavy atom. The Hall–Kier alpha value is -1.83. The number of morpholine rings is 1. The molecule has 1 fully saturated rings. The van der Waals surface area contributed by atoms with Crippen molar-refractivity contribution in [3.05, 3.63) is 30.3 Å². The number of thioether (sulfide) groups is 1. The van der Waals surface area contributed by atoms with Gasteiger partial charge in [-0.25, -0.2) is 0 Å².